The Morgan fingerprint density at radius 2 is 1.44 bits per heavy atom. The highest BCUT2D eigenvalue weighted by molar-refractivity contribution is 5.61. The van der Waals surface area contributed by atoms with Crippen LogP contribution in [-0.2, 0) is 11.6 Å². The third kappa shape index (κ3) is 4.87. The molecule has 0 unspecified atom stereocenters. The first kappa shape index (κ1) is 22.1. The van der Waals surface area contributed by atoms with Crippen molar-refractivity contribution >= 4 is 11.5 Å². The molecule has 0 saturated carbocycles. The zero-order valence-electron chi connectivity index (χ0n) is 18.5. The Morgan fingerprint density at radius 3 is 2.06 bits per heavy atom. The minimum Gasteiger partial charge on any atom is -0.368 e. The molecule has 3 aromatic rings. The Balaban J connectivity index is 1.46. The summed E-state index contributed by atoms with van der Waals surface area (Å²) in [7, 11) is 0. The summed E-state index contributed by atoms with van der Waals surface area (Å²) in [6.45, 7) is 9.11. The number of anilines is 2. The Bertz CT molecular complexity index is 1060. The van der Waals surface area contributed by atoms with Crippen LogP contribution in [0.2, 0.25) is 0 Å². The molecule has 168 valence electrons. The highest BCUT2D eigenvalue weighted by Crippen LogP contribution is 2.32. The van der Waals surface area contributed by atoms with Gasteiger partial charge in [-0.25, -0.2) is 4.98 Å². The van der Waals surface area contributed by atoms with Crippen molar-refractivity contribution in [2.75, 3.05) is 36.0 Å². The van der Waals surface area contributed by atoms with Gasteiger partial charge in [-0.15, -0.1) is 0 Å². The van der Waals surface area contributed by atoms with Crippen LogP contribution in [0, 0.1) is 0 Å². The maximum absolute atomic E-state index is 13.0. The lowest BCUT2D eigenvalue weighted by Crippen LogP contribution is -2.47. The molecule has 2 aromatic carbocycles. The van der Waals surface area contributed by atoms with Gasteiger partial charge in [0.25, 0.3) is 0 Å². The normalized spacial score (nSPS) is 15.2. The van der Waals surface area contributed by atoms with Gasteiger partial charge in [0.15, 0.2) is 0 Å². The zero-order valence-corrected chi connectivity index (χ0v) is 18.5. The van der Waals surface area contributed by atoms with Gasteiger partial charge in [-0.1, -0.05) is 51.1 Å². The monoisotopic (exact) mass is 440 g/mol. The number of hydrogen-bond donors (Lipinski definition) is 0. The van der Waals surface area contributed by atoms with Crippen molar-refractivity contribution in [1.29, 1.82) is 0 Å². The Labute approximate surface area is 186 Å². The summed E-state index contributed by atoms with van der Waals surface area (Å²) in [5.41, 5.74) is 3.15. The third-order valence-corrected chi connectivity index (χ3v) is 5.81. The molecule has 0 atom stereocenters. The molecule has 1 aromatic heterocycles. The van der Waals surface area contributed by atoms with E-state index in [1.165, 1.54) is 17.7 Å². The predicted molar refractivity (Wildman–Crippen MR) is 122 cm³/mol. The molecule has 1 aliphatic rings. The molecule has 32 heavy (non-hydrogen) atoms. The summed E-state index contributed by atoms with van der Waals surface area (Å²) in [5.74, 6) is 0.783. The average molecular weight is 441 g/mol. The smallest absolute Gasteiger partial charge is 0.368 e. The standard InChI is InChI=1S/C25H27F3N4/c1-24(2,3)19-9-7-18(8-10-19)22-16-29-17-23(30-22)32-13-11-31(12-14-32)21-6-4-5-20(15-21)25(26,27)28/h4-10,15-17H,11-14H2,1-3H3. The van der Waals surface area contributed by atoms with E-state index >= 15 is 0 Å². The van der Waals surface area contributed by atoms with Gasteiger partial charge in [-0.05, 0) is 29.2 Å². The molecule has 4 nitrogen and oxygen atoms in total. The molecular formula is C25H27F3N4. The lowest BCUT2D eigenvalue weighted by Gasteiger charge is -2.36. The van der Waals surface area contributed by atoms with Crippen molar-refractivity contribution in [3.05, 3.63) is 72.1 Å². The molecule has 0 aliphatic carbocycles. The van der Waals surface area contributed by atoms with Gasteiger partial charge >= 0.3 is 6.18 Å². The maximum Gasteiger partial charge on any atom is 0.416 e. The molecule has 1 aliphatic heterocycles. The van der Waals surface area contributed by atoms with Crippen LogP contribution in [0.15, 0.2) is 60.9 Å². The molecule has 2 heterocycles. The van der Waals surface area contributed by atoms with E-state index in [4.69, 9.17) is 4.98 Å². The quantitative estimate of drug-likeness (QED) is 0.516. The molecule has 0 amide bonds. The first-order valence-corrected chi connectivity index (χ1v) is 10.7. The fraction of sp³-hybridized carbons (Fsp3) is 0.360. The van der Waals surface area contributed by atoms with Crippen LogP contribution in [0.4, 0.5) is 24.7 Å². The number of alkyl halides is 3. The van der Waals surface area contributed by atoms with Crippen LogP contribution in [0.5, 0.6) is 0 Å². The third-order valence-electron chi connectivity index (χ3n) is 5.81. The average Bonchev–Trinajstić information content (AvgIpc) is 2.78. The lowest BCUT2D eigenvalue weighted by atomic mass is 9.86. The largest absolute Gasteiger partial charge is 0.416 e. The number of aromatic nitrogens is 2. The molecule has 1 saturated heterocycles. The van der Waals surface area contributed by atoms with Crippen LogP contribution < -0.4 is 9.80 Å². The fourth-order valence-electron chi connectivity index (χ4n) is 3.86. The molecule has 0 spiro atoms. The second kappa shape index (κ2) is 8.45. The highest BCUT2D eigenvalue weighted by atomic mass is 19.4. The maximum atomic E-state index is 13.0. The van der Waals surface area contributed by atoms with E-state index in [9.17, 15) is 13.2 Å². The van der Waals surface area contributed by atoms with E-state index < -0.39 is 11.7 Å². The number of benzene rings is 2. The number of piperazine rings is 1. The molecule has 0 bridgehead atoms. The van der Waals surface area contributed by atoms with Gasteiger partial charge in [0.1, 0.15) is 5.82 Å². The van der Waals surface area contributed by atoms with E-state index in [1.807, 2.05) is 4.90 Å². The van der Waals surface area contributed by atoms with Gasteiger partial charge in [0.2, 0.25) is 0 Å². The number of hydrogen-bond acceptors (Lipinski definition) is 4. The lowest BCUT2D eigenvalue weighted by molar-refractivity contribution is -0.137. The molecule has 1 fully saturated rings. The van der Waals surface area contributed by atoms with E-state index in [-0.39, 0.29) is 5.41 Å². The second-order valence-corrected chi connectivity index (χ2v) is 9.11. The number of rotatable bonds is 3. The van der Waals surface area contributed by atoms with Crippen molar-refractivity contribution in [1.82, 2.24) is 9.97 Å². The number of nitrogens with zero attached hydrogens (tertiary/aromatic N) is 4. The van der Waals surface area contributed by atoms with Gasteiger partial charge in [-0.3, -0.25) is 4.98 Å². The molecule has 0 N–H and O–H groups in total. The molecule has 0 radical (unpaired) electrons. The fourth-order valence-corrected chi connectivity index (χ4v) is 3.86. The van der Waals surface area contributed by atoms with E-state index in [0.717, 1.165) is 23.1 Å². The summed E-state index contributed by atoms with van der Waals surface area (Å²) in [6, 6.07) is 13.9. The predicted octanol–water partition coefficient (Wildman–Crippen LogP) is 5.79. The summed E-state index contributed by atoms with van der Waals surface area (Å²) in [4.78, 5) is 13.3. The van der Waals surface area contributed by atoms with Crippen molar-refractivity contribution in [2.45, 2.75) is 32.4 Å². The van der Waals surface area contributed by atoms with Crippen LogP contribution in [0.25, 0.3) is 11.3 Å². The number of halogens is 3. The van der Waals surface area contributed by atoms with E-state index in [2.05, 4.69) is 54.9 Å². The van der Waals surface area contributed by atoms with Crippen LogP contribution in [0.3, 0.4) is 0 Å². The van der Waals surface area contributed by atoms with Crippen LogP contribution in [0.1, 0.15) is 31.9 Å². The van der Waals surface area contributed by atoms with Crippen molar-refractivity contribution in [3.8, 4) is 11.3 Å². The van der Waals surface area contributed by atoms with Crippen LogP contribution >= 0.6 is 0 Å². The van der Waals surface area contributed by atoms with Gasteiger partial charge in [0.05, 0.1) is 23.7 Å². The highest BCUT2D eigenvalue weighted by Gasteiger charge is 2.31. The topological polar surface area (TPSA) is 32.3 Å². The van der Waals surface area contributed by atoms with Gasteiger partial charge < -0.3 is 9.80 Å². The first-order chi connectivity index (χ1) is 15.1. The SMILES string of the molecule is CC(C)(C)c1ccc(-c2cncc(N3CCN(c4cccc(C(F)(F)F)c4)CC3)n2)cc1. The Hall–Kier alpha value is -3.09. The second-order valence-electron chi connectivity index (χ2n) is 9.11. The summed E-state index contributed by atoms with van der Waals surface area (Å²) < 4.78 is 39.1. The van der Waals surface area contributed by atoms with E-state index in [0.29, 0.717) is 31.9 Å². The van der Waals surface area contributed by atoms with Crippen molar-refractivity contribution in [2.24, 2.45) is 0 Å². The molecule has 7 heteroatoms. The van der Waals surface area contributed by atoms with Gasteiger partial charge in [0, 0.05) is 37.4 Å². The minimum absolute atomic E-state index is 0.0886. The molecular weight excluding hydrogens is 413 g/mol. The first-order valence-electron chi connectivity index (χ1n) is 10.7. The van der Waals surface area contributed by atoms with Crippen LogP contribution in [-0.4, -0.2) is 36.1 Å². The summed E-state index contributed by atoms with van der Waals surface area (Å²) in [6.07, 6.45) is -0.833. The Kier molecular flexibility index (Phi) is 5.84. The summed E-state index contributed by atoms with van der Waals surface area (Å²) >= 11 is 0. The Morgan fingerprint density at radius 1 is 0.781 bits per heavy atom. The minimum atomic E-state index is -4.33. The zero-order chi connectivity index (χ0) is 22.9. The van der Waals surface area contributed by atoms with E-state index in [1.54, 1.807) is 18.5 Å². The molecule has 4 rings (SSSR count). The summed E-state index contributed by atoms with van der Waals surface area (Å²) in [5, 5.41) is 0. The van der Waals surface area contributed by atoms with Gasteiger partial charge in [-0.2, -0.15) is 13.2 Å². The van der Waals surface area contributed by atoms with Crippen molar-refractivity contribution in [3.63, 3.8) is 0 Å². The van der Waals surface area contributed by atoms with Crippen molar-refractivity contribution < 1.29 is 13.2 Å².